The fraction of sp³-hybridized carbons (Fsp3) is 0.400. The van der Waals surface area contributed by atoms with Gasteiger partial charge in [0.1, 0.15) is 0 Å². The van der Waals surface area contributed by atoms with Gasteiger partial charge in [0.25, 0.3) is 0 Å². The second kappa shape index (κ2) is 7.07. The third kappa shape index (κ3) is 3.84. The summed E-state index contributed by atoms with van der Waals surface area (Å²) in [4.78, 5) is 0. The number of rotatable bonds is 4. The van der Waals surface area contributed by atoms with Crippen molar-refractivity contribution in [2.45, 2.75) is 18.9 Å². The van der Waals surface area contributed by atoms with Gasteiger partial charge < -0.3 is 11.5 Å². The Balaban J connectivity index is 0.00000169. The Kier molecular flexibility index (Phi) is 6.93. The second-order valence-corrected chi connectivity index (χ2v) is 3.47. The van der Waals surface area contributed by atoms with Crippen LogP contribution in [0.2, 0.25) is 5.02 Å². The van der Waals surface area contributed by atoms with Gasteiger partial charge in [0.2, 0.25) is 0 Å². The molecule has 0 radical (unpaired) electrons. The van der Waals surface area contributed by atoms with Crippen molar-refractivity contribution in [3.8, 4) is 0 Å². The quantitative estimate of drug-likeness (QED) is 0.842. The van der Waals surface area contributed by atoms with Gasteiger partial charge in [-0.1, -0.05) is 29.8 Å². The van der Waals surface area contributed by atoms with Gasteiger partial charge in [0.05, 0.1) is 0 Å². The fourth-order valence-electron chi connectivity index (χ4n) is 1.27. The maximum Gasteiger partial charge on any atom is 0.0453 e. The van der Waals surface area contributed by atoms with Gasteiger partial charge in [-0.05, 0) is 31.0 Å². The van der Waals surface area contributed by atoms with Gasteiger partial charge in [0, 0.05) is 11.1 Å². The van der Waals surface area contributed by atoms with Crippen LogP contribution in [-0.4, -0.2) is 6.54 Å². The van der Waals surface area contributed by atoms with E-state index in [9.17, 15) is 0 Å². The van der Waals surface area contributed by atoms with E-state index in [1.807, 2.05) is 24.3 Å². The molecule has 0 aliphatic carbocycles. The van der Waals surface area contributed by atoms with Crippen molar-refractivity contribution < 1.29 is 0 Å². The van der Waals surface area contributed by atoms with Gasteiger partial charge in [-0.15, -0.1) is 12.4 Å². The molecule has 0 heterocycles. The summed E-state index contributed by atoms with van der Waals surface area (Å²) in [6.45, 7) is 0.679. The summed E-state index contributed by atoms with van der Waals surface area (Å²) in [6, 6.07) is 7.69. The van der Waals surface area contributed by atoms with Crippen LogP contribution in [0, 0.1) is 0 Å². The first-order chi connectivity index (χ1) is 6.25. The normalized spacial score (nSPS) is 11.9. The maximum absolute atomic E-state index is 5.99. The Morgan fingerprint density at radius 1 is 1.29 bits per heavy atom. The predicted octanol–water partition coefficient (Wildman–Crippen LogP) is 2.50. The average Bonchev–Trinajstić information content (AvgIpc) is 2.15. The topological polar surface area (TPSA) is 52.0 Å². The molecule has 0 amide bonds. The van der Waals surface area contributed by atoms with Crippen molar-refractivity contribution in [2.24, 2.45) is 11.5 Å². The fourth-order valence-corrected chi connectivity index (χ4v) is 1.54. The lowest BCUT2D eigenvalue weighted by atomic mass is 10.0. The molecule has 1 atom stereocenters. The van der Waals surface area contributed by atoms with Gasteiger partial charge in [-0.2, -0.15) is 0 Å². The summed E-state index contributed by atoms with van der Waals surface area (Å²) in [5, 5.41) is 0.743. The van der Waals surface area contributed by atoms with Crippen LogP contribution < -0.4 is 11.5 Å². The largest absolute Gasteiger partial charge is 0.330 e. The molecule has 4 heteroatoms. The molecule has 0 spiro atoms. The van der Waals surface area contributed by atoms with Crippen LogP contribution in [0.25, 0.3) is 0 Å². The zero-order chi connectivity index (χ0) is 9.68. The van der Waals surface area contributed by atoms with E-state index in [1.54, 1.807) is 0 Å². The molecular weight excluding hydrogens is 219 g/mol. The number of nitrogens with two attached hydrogens (primary N) is 2. The van der Waals surface area contributed by atoms with Crippen molar-refractivity contribution in [1.29, 1.82) is 0 Å². The zero-order valence-corrected chi connectivity index (χ0v) is 9.52. The van der Waals surface area contributed by atoms with Crippen LogP contribution in [0.15, 0.2) is 24.3 Å². The Morgan fingerprint density at radius 3 is 2.50 bits per heavy atom. The minimum atomic E-state index is 0. The van der Waals surface area contributed by atoms with Crippen LogP contribution >= 0.6 is 24.0 Å². The summed E-state index contributed by atoms with van der Waals surface area (Å²) in [5.74, 6) is 0. The summed E-state index contributed by atoms with van der Waals surface area (Å²) in [6.07, 6.45) is 1.83. The lowest BCUT2D eigenvalue weighted by Gasteiger charge is -2.12. The molecule has 4 N–H and O–H groups in total. The van der Waals surface area contributed by atoms with Gasteiger partial charge in [0.15, 0.2) is 0 Å². The average molecular weight is 235 g/mol. The zero-order valence-electron chi connectivity index (χ0n) is 7.95. The van der Waals surface area contributed by atoms with Crippen LogP contribution in [-0.2, 0) is 0 Å². The first kappa shape index (κ1) is 13.7. The van der Waals surface area contributed by atoms with Crippen molar-refractivity contribution in [3.05, 3.63) is 34.9 Å². The van der Waals surface area contributed by atoms with E-state index in [-0.39, 0.29) is 18.4 Å². The third-order valence-electron chi connectivity index (χ3n) is 2.02. The Bertz CT molecular complexity index is 266. The van der Waals surface area contributed by atoms with E-state index in [1.165, 1.54) is 0 Å². The Hall–Kier alpha value is -0.280. The maximum atomic E-state index is 5.99. The molecule has 0 saturated carbocycles. The highest BCUT2D eigenvalue weighted by Gasteiger charge is 2.07. The molecule has 0 bridgehead atoms. The van der Waals surface area contributed by atoms with Crippen LogP contribution in [0.1, 0.15) is 24.4 Å². The first-order valence-electron chi connectivity index (χ1n) is 4.45. The standard InChI is InChI=1S/C10H15ClN2.ClH/c11-9-5-2-1-4-8(9)10(13)6-3-7-12;/h1-2,4-5,10H,3,6-7,12-13H2;1H/t10-;/m0./s1. The third-order valence-corrected chi connectivity index (χ3v) is 2.37. The Morgan fingerprint density at radius 2 is 1.93 bits per heavy atom. The molecule has 2 nitrogen and oxygen atoms in total. The van der Waals surface area contributed by atoms with E-state index in [0.717, 1.165) is 23.4 Å². The molecule has 1 aromatic carbocycles. The summed E-state index contributed by atoms with van der Waals surface area (Å²) >= 11 is 5.99. The van der Waals surface area contributed by atoms with E-state index in [4.69, 9.17) is 23.1 Å². The molecule has 1 rings (SSSR count). The molecule has 0 saturated heterocycles. The lowest BCUT2D eigenvalue weighted by Crippen LogP contribution is -2.12. The van der Waals surface area contributed by atoms with E-state index < -0.39 is 0 Å². The van der Waals surface area contributed by atoms with Gasteiger partial charge >= 0.3 is 0 Å². The molecule has 0 aliphatic heterocycles. The highest BCUT2D eigenvalue weighted by molar-refractivity contribution is 6.31. The second-order valence-electron chi connectivity index (χ2n) is 3.06. The highest BCUT2D eigenvalue weighted by Crippen LogP contribution is 2.23. The number of halogens is 2. The van der Waals surface area contributed by atoms with Crippen molar-refractivity contribution >= 4 is 24.0 Å². The molecule has 80 valence electrons. The van der Waals surface area contributed by atoms with Crippen LogP contribution in [0.5, 0.6) is 0 Å². The van der Waals surface area contributed by atoms with Gasteiger partial charge in [-0.3, -0.25) is 0 Å². The first-order valence-corrected chi connectivity index (χ1v) is 4.83. The number of benzene rings is 1. The molecule has 14 heavy (non-hydrogen) atoms. The summed E-state index contributed by atoms with van der Waals surface area (Å²) in [5.41, 5.74) is 12.4. The van der Waals surface area contributed by atoms with Crippen LogP contribution in [0.4, 0.5) is 0 Å². The van der Waals surface area contributed by atoms with E-state index in [0.29, 0.717) is 6.54 Å². The number of hydrogen-bond acceptors (Lipinski definition) is 2. The predicted molar refractivity (Wildman–Crippen MR) is 63.9 cm³/mol. The highest BCUT2D eigenvalue weighted by atomic mass is 35.5. The van der Waals surface area contributed by atoms with E-state index in [2.05, 4.69) is 0 Å². The SMILES string of the molecule is Cl.NCCC[C@H](N)c1ccccc1Cl. The molecule has 0 fully saturated rings. The van der Waals surface area contributed by atoms with E-state index >= 15 is 0 Å². The Labute approximate surface area is 96.0 Å². The van der Waals surface area contributed by atoms with Crippen LogP contribution in [0.3, 0.4) is 0 Å². The summed E-state index contributed by atoms with van der Waals surface area (Å²) in [7, 11) is 0. The van der Waals surface area contributed by atoms with Gasteiger partial charge in [-0.25, -0.2) is 0 Å². The molecule has 0 unspecified atom stereocenters. The van der Waals surface area contributed by atoms with Crippen molar-refractivity contribution in [1.82, 2.24) is 0 Å². The molecule has 0 aliphatic rings. The van der Waals surface area contributed by atoms with Crippen molar-refractivity contribution in [3.63, 3.8) is 0 Å². The molecule has 1 aromatic rings. The lowest BCUT2D eigenvalue weighted by molar-refractivity contribution is 0.618. The minimum absolute atomic E-state index is 0. The molecular formula is C10H16Cl2N2. The smallest absolute Gasteiger partial charge is 0.0453 e. The number of hydrogen-bond donors (Lipinski definition) is 2. The van der Waals surface area contributed by atoms with Crippen molar-refractivity contribution in [2.75, 3.05) is 6.54 Å². The molecule has 0 aromatic heterocycles. The monoisotopic (exact) mass is 234 g/mol. The summed E-state index contributed by atoms with van der Waals surface area (Å²) < 4.78 is 0. The minimum Gasteiger partial charge on any atom is -0.330 e.